The summed E-state index contributed by atoms with van der Waals surface area (Å²) in [4.78, 5) is 18.5. The first kappa shape index (κ1) is 21.5. The van der Waals surface area contributed by atoms with Crippen LogP contribution in [0.3, 0.4) is 0 Å². The molecule has 6 nitrogen and oxygen atoms in total. The third-order valence-corrected chi connectivity index (χ3v) is 4.12. The van der Waals surface area contributed by atoms with E-state index in [1.54, 1.807) is 40.1 Å². The Balaban J connectivity index is 2.49. The molecule has 7 heteroatoms. The van der Waals surface area contributed by atoms with Crippen molar-refractivity contribution >= 4 is 11.8 Å². The largest absolute Gasteiger partial charge is 0.497 e. The maximum atomic E-state index is 14.7. The highest BCUT2D eigenvalue weighted by Crippen LogP contribution is 2.30. The van der Waals surface area contributed by atoms with E-state index < -0.39 is 17.5 Å². The van der Waals surface area contributed by atoms with Gasteiger partial charge in [-0.2, -0.15) is 0 Å². The van der Waals surface area contributed by atoms with Gasteiger partial charge in [0.25, 0.3) is 0 Å². The van der Waals surface area contributed by atoms with Crippen LogP contribution in [0, 0.1) is 19.7 Å². The lowest BCUT2D eigenvalue weighted by Crippen LogP contribution is -2.37. The highest BCUT2D eigenvalue weighted by atomic mass is 19.1. The van der Waals surface area contributed by atoms with Gasteiger partial charge in [-0.3, -0.25) is 9.88 Å². The van der Waals surface area contributed by atoms with E-state index in [0.29, 0.717) is 17.2 Å². The molecule has 0 saturated heterocycles. The number of ether oxygens (including phenoxy) is 3. The van der Waals surface area contributed by atoms with Gasteiger partial charge in [0.05, 0.1) is 32.1 Å². The Morgan fingerprint density at radius 2 is 1.86 bits per heavy atom. The van der Waals surface area contributed by atoms with E-state index in [9.17, 15) is 9.18 Å². The smallest absolute Gasteiger partial charge is 0.415 e. The molecule has 2 aromatic rings. The summed E-state index contributed by atoms with van der Waals surface area (Å²) in [7, 11) is 3.03. The van der Waals surface area contributed by atoms with Crippen molar-refractivity contribution in [2.24, 2.45) is 0 Å². The average molecular weight is 390 g/mol. The van der Waals surface area contributed by atoms with E-state index in [2.05, 4.69) is 4.98 Å². The molecule has 0 atom stereocenters. The van der Waals surface area contributed by atoms with E-state index in [1.807, 2.05) is 13.8 Å². The number of aromatic nitrogens is 1. The molecule has 0 N–H and O–H groups in total. The Hall–Kier alpha value is -2.83. The number of aryl methyl sites for hydroxylation is 1. The number of anilines is 1. The van der Waals surface area contributed by atoms with E-state index in [4.69, 9.17) is 14.2 Å². The van der Waals surface area contributed by atoms with Crippen LogP contribution in [0.2, 0.25) is 0 Å². The number of benzene rings is 1. The Bertz CT molecular complexity index is 862. The zero-order valence-corrected chi connectivity index (χ0v) is 17.4. The van der Waals surface area contributed by atoms with Crippen molar-refractivity contribution in [3.8, 4) is 11.5 Å². The van der Waals surface area contributed by atoms with Crippen molar-refractivity contribution in [1.82, 2.24) is 4.98 Å². The number of hydrogen-bond acceptors (Lipinski definition) is 5. The molecule has 0 radical (unpaired) electrons. The Kier molecular flexibility index (Phi) is 6.48. The Morgan fingerprint density at radius 3 is 2.39 bits per heavy atom. The van der Waals surface area contributed by atoms with Crippen LogP contribution in [-0.4, -0.2) is 30.9 Å². The lowest BCUT2D eigenvalue weighted by molar-refractivity contribution is 0.0575. The molecule has 0 fully saturated rings. The molecule has 152 valence electrons. The van der Waals surface area contributed by atoms with Crippen LogP contribution in [0.1, 0.15) is 37.6 Å². The van der Waals surface area contributed by atoms with Gasteiger partial charge in [0, 0.05) is 23.4 Å². The van der Waals surface area contributed by atoms with Gasteiger partial charge in [-0.25, -0.2) is 9.18 Å². The fraction of sp³-hybridized carbons (Fsp3) is 0.429. The predicted molar refractivity (Wildman–Crippen MR) is 106 cm³/mol. The standard InChI is InChI=1S/C21H27FN2O4/c1-13-11-23-17(14(2)19(13)27-7)12-24(20(25)28-21(3,4)5)18-9-8-15(26-6)10-16(18)22/h8-11H,12H2,1-7H3. The predicted octanol–water partition coefficient (Wildman–Crippen LogP) is 4.80. The van der Waals surface area contributed by atoms with Crippen molar-refractivity contribution in [3.05, 3.63) is 47.0 Å². The second-order valence-corrected chi connectivity index (χ2v) is 7.43. The number of carbonyl (C=O) groups is 1. The van der Waals surface area contributed by atoms with E-state index >= 15 is 0 Å². The molecule has 0 spiro atoms. The summed E-state index contributed by atoms with van der Waals surface area (Å²) in [6.07, 6.45) is 0.996. The van der Waals surface area contributed by atoms with Gasteiger partial charge in [-0.1, -0.05) is 0 Å². The highest BCUT2D eigenvalue weighted by Gasteiger charge is 2.27. The summed E-state index contributed by atoms with van der Waals surface area (Å²) >= 11 is 0. The van der Waals surface area contributed by atoms with Crippen LogP contribution in [0.4, 0.5) is 14.9 Å². The number of hydrogen-bond donors (Lipinski definition) is 0. The van der Waals surface area contributed by atoms with Gasteiger partial charge in [-0.15, -0.1) is 0 Å². The molecule has 0 bridgehead atoms. The minimum atomic E-state index is -0.730. The van der Waals surface area contributed by atoms with Crippen LogP contribution in [0.25, 0.3) is 0 Å². The van der Waals surface area contributed by atoms with Crippen molar-refractivity contribution in [2.45, 2.75) is 46.8 Å². The first-order chi connectivity index (χ1) is 13.1. The van der Waals surface area contributed by atoms with E-state index in [-0.39, 0.29) is 12.2 Å². The summed E-state index contributed by atoms with van der Waals surface area (Å²) in [5.41, 5.74) is 1.60. The van der Waals surface area contributed by atoms with Gasteiger partial charge in [-0.05, 0) is 46.8 Å². The zero-order chi connectivity index (χ0) is 21.1. The van der Waals surface area contributed by atoms with Crippen LogP contribution >= 0.6 is 0 Å². The molecule has 1 heterocycles. The maximum Gasteiger partial charge on any atom is 0.415 e. The molecule has 0 aliphatic carbocycles. The number of halogens is 1. The van der Waals surface area contributed by atoms with Crippen molar-refractivity contribution < 1.29 is 23.4 Å². The van der Waals surface area contributed by atoms with Gasteiger partial charge >= 0.3 is 6.09 Å². The summed E-state index contributed by atoms with van der Waals surface area (Å²) in [6.45, 7) is 9.04. The molecule has 0 aliphatic heterocycles. The molecule has 0 saturated carbocycles. The summed E-state index contributed by atoms with van der Waals surface area (Å²) in [5.74, 6) is 0.447. The monoisotopic (exact) mass is 390 g/mol. The first-order valence-electron chi connectivity index (χ1n) is 8.90. The lowest BCUT2D eigenvalue weighted by Gasteiger charge is -2.28. The topological polar surface area (TPSA) is 60.9 Å². The normalized spacial score (nSPS) is 11.1. The molecule has 1 aromatic carbocycles. The molecule has 1 aromatic heterocycles. The summed E-state index contributed by atoms with van der Waals surface area (Å²) in [5, 5.41) is 0. The van der Waals surface area contributed by atoms with Crippen LogP contribution < -0.4 is 14.4 Å². The average Bonchev–Trinajstić information content (AvgIpc) is 2.60. The SMILES string of the molecule is COc1ccc(N(Cc2ncc(C)c(OC)c2C)C(=O)OC(C)(C)C)c(F)c1. The summed E-state index contributed by atoms with van der Waals surface area (Å²) < 4.78 is 30.7. The number of carbonyl (C=O) groups excluding carboxylic acids is 1. The second kappa shape index (κ2) is 8.46. The molecular weight excluding hydrogens is 363 g/mol. The fourth-order valence-electron chi connectivity index (χ4n) is 2.78. The van der Waals surface area contributed by atoms with Crippen LogP contribution in [0.15, 0.2) is 24.4 Å². The van der Waals surface area contributed by atoms with Crippen LogP contribution in [-0.2, 0) is 11.3 Å². The zero-order valence-electron chi connectivity index (χ0n) is 17.4. The molecule has 0 aliphatic rings. The van der Waals surface area contributed by atoms with Crippen molar-refractivity contribution in [1.29, 1.82) is 0 Å². The third-order valence-electron chi connectivity index (χ3n) is 4.12. The number of methoxy groups -OCH3 is 2. The third kappa shape index (κ3) is 4.91. The lowest BCUT2D eigenvalue weighted by atomic mass is 10.1. The van der Waals surface area contributed by atoms with E-state index in [1.165, 1.54) is 24.1 Å². The molecular formula is C21H27FN2O4. The summed E-state index contributed by atoms with van der Waals surface area (Å²) in [6, 6.07) is 4.30. The van der Waals surface area contributed by atoms with Crippen molar-refractivity contribution in [2.75, 3.05) is 19.1 Å². The molecule has 28 heavy (non-hydrogen) atoms. The van der Waals surface area contributed by atoms with Crippen LogP contribution in [0.5, 0.6) is 11.5 Å². The quantitative estimate of drug-likeness (QED) is 0.734. The van der Waals surface area contributed by atoms with Gasteiger partial charge in [0.15, 0.2) is 5.82 Å². The molecule has 0 unspecified atom stereocenters. The minimum Gasteiger partial charge on any atom is -0.497 e. The van der Waals surface area contributed by atoms with Gasteiger partial charge < -0.3 is 14.2 Å². The fourth-order valence-corrected chi connectivity index (χ4v) is 2.78. The van der Waals surface area contributed by atoms with Crippen molar-refractivity contribution in [3.63, 3.8) is 0 Å². The minimum absolute atomic E-state index is 0.0284. The van der Waals surface area contributed by atoms with Gasteiger partial charge in [0.2, 0.25) is 0 Å². The number of amides is 1. The first-order valence-corrected chi connectivity index (χ1v) is 8.90. The molecule has 1 amide bonds. The number of nitrogens with zero attached hydrogens (tertiary/aromatic N) is 2. The van der Waals surface area contributed by atoms with E-state index in [0.717, 1.165) is 11.1 Å². The number of rotatable bonds is 5. The molecule has 2 rings (SSSR count). The number of pyridine rings is 1. The Labute approximate surface area is 165 Å². The maximum absolute atomic E-state index is 14.7. The second-order valence-electron chi connectivity index (χ2n) is 7.43. The highest BCUT2D eigenvalue weighted by molar-refractivity contribution is 5.88. The Morgan fingerprint density at radius 1 is 1.18 bits per heavy atom. The van der Waals surface area contributed by atoms with Gasteiger partial charge in [0.1, 0.15) is 17.1 Å².